The standard InChI is InChI=1S/C13H8Cl2O2S/c14-8-1-4-10(11(15)7-8)12-5-2-9(18-12)3-6-13(16)17/h1-7H,(H,16,17)/b6-3+. The topological polar surface area (TPSA) is 37.3 Å². The largest absolute Gasteiger partial charge is 0.478 e. The van der Waals surface area contributed by atoms with Crippen molar-refractivity contribution in [2.45, 2.75) is 0 Å². The lowest BCUT2D eigenvalue weighted by Crippen LogP contribution is -1.84. The fourth-order valence-corrected chi connectivity index (χ4v) is 2.95. The Labute approximate surface area is 118 Å². The Bertz CT molecular complexity index is 617. The van der Waals surface area contributed by atoms with E-state index in [1.807, 2.05) is 18.2 Å². The average molecular weight is 299 g/mol. The van der Waals surface area contributed by atoms with E-state index in [2.05, 4.69) is 0 Å². The van der Waals surface area contributed by atoms with Crippen molar-refractivity contribution < 1.29 is 9.90 Å². The SMILES string of the molecule is O=C(O)/C=C/c1ccc(-c2ccc(Cl)cc2Cl)s1. The molecule has 0 saturated carbocycles. The zero-order valence-corrected chi connectivity index (χ0v) is 11.4. The molecule has 5 heteroatoms. The lowest BCUT2D eigenvalue weighted by atomic mass is 10.2. The first kappa shape index (κ1) is 13.1. The van der Waals surface area contributed by atoms with Crippen LogP contribution in [-0.2, 0) is 4.79 Å². The summed E-state index contributed by atoms with van der Waals surface area (Å²) in [5.74, 6) is -0.963. The molecule has 0 spiro atoms. The first-order valence-electron chi connectivity index (χ1n) is 5.02. The first-order valence-corrected chi connectivity index (χ1v) is 6.60. The monoisotopic (exact) mass is 298 g/mol. The van der Waals surface area contributed by atoms with Crippen LogP contribution in [0.5, 0.6) is 0 Å². The van der Waals surface area contributed by atoms with Crippen LogP contribution in [0.2, 0.25) is 10.0 Å². The molecule has 92 valence electrons. The Morgan fingerprint density at radius 3 is 2.67 bits per heavy atom. The van der Waals surface area contributed by atoms with Crippen molar-refractivity contribution in [1.29, 1.82) is 0 Å². The van der Waals surface area contributed by atoms with Gasteiger partial charge in [-0.25, -0.2) is 4.79 Å². The molecule has 2 nitrogen and oxygen atoms in total. The summed E-state index contributed by atoms with van der Waals surface area (Å²) in [6.45, 7) is 0. The third kappa shape index (κ3) is 3.13. The van der Waals surface area contributed by atoms with E-state index >= 15 is 0 Å². The van der Waals surface area contributed by atoms with Gasteiger partial charge in [-0.1, -0.05) is 29.3 Å². The Balaban J connectivity index is 2.32. The zero-order valence-electron chi connectivity index (χ0n) is 9.06. The van der Waals surface area contributed by atoms with Crippen molar-refractivity contribution in [2.75, 3.05) is 0 Å². The van der Waals surface area contributed by atoms with E-state index in [0.717, 1.165) is 21.4 Å². The van der Waals surface area contributed by atoms with Gasteiger partial charge in [0.25, 0.3) is 0 Å². The number of thiophene rings is 1. The number of carboxylic acid groups (broad SMARTS) is 1. The molecule has 1 aromatic heterocycles. The minimum atomic E-state index is -0.963. The van der Waals surface area contributed by atoms with Crippen molar-refractivity contribution in [2.24, 2.45) is 0 Å². The van der Waals surface area contributed by atoms with Gasteiger partial charge in [-0.15, -0.1) is 11.3 Å². The van der Waals surface area contributed by atoms with Gasteiger partial charge in [0, 0.05) is 26.4 Å². The maximum atomic E-state index is 10.4. The Kier molecular flexibility index (Phi) is 4.07. The van der Waals surface area contributed by atoms with Gasteiger partial charge in [0.15, 0.2) is 0 Å². The summed E-state index contributed by atoms with van der Waals surface area (Å²) in [5, 5.41) is 9.73. The van der Waals surface area contributed by atoms with E-state index in [-0.39, 0.29) is 0 Å². The van der Waals surface area contributed by atoms with Crippen LogP contribution in [-0.4, -0.2) is 11.1 Å². The number of hydrogen-bond acceptors (Lipinski definition) is 2. The van der Waals surface area contributed by atoms with Crippen LogP contribution in [0.15, 0.2) is 36.4 Å². The molecule has 0 saturated heterocycles. The smallest absolute Gasteiger partial charge is 0.328 e. The molecule has 0 fully saturated rings. The number of benzene rings is 1. The molecule has 1 heterocycles. The molecular formula is C13H8Cl2O2S. The number of rotatable bonds is 3. The summed E-state index contributed by atoms with van der Waals surface area (Å²) in [6, 6.07) is 9.06. The molecule has 1 N–H and O–H groups in total. The van der Waals surface area contributed by atoms with E-state index < -0.39 is 5.97 Å². The van der Waals surface area contributed by atoms with Gasteiger partial charge < -0.3 is 5.11 Å². The minimum Gasteiger partial charge on any atom is -0.478 e. The van der Waals surface area contributed by atoms with Crippen LogP contribution in [0.25, 0.3) is 16.5 Å². The lowest BCUT2D eigenvalue weighted by Gasteiger charge is -2.01. The van der Waals surface area contributed by atoms with Crippen LogP contribution < -0.4 is 0 Å². The van der Waals surface area contributed by atoms with Gasteiger partial charge in [-0.2, -0.15) is 0 Å². The van der Waals surface area contributed by atoms with E-state index in [1.165, 1.54) is 11.3 Å². The number of aliphatic carboxylic acids is 1. The fraction of sp³-hybridized carbons (Fsp3) is 0. The highest BCUT2D eigenvalue weighted by atomic mass is 35.5. The van der Waals surface area contributed by atoms with Gasteiger partial charge in [0.1, 0.15) is 0 Å². The second kappa shape index (κ2) is 5.57. The molecule has 0 atom stereocenters. The van der Waals surface area contributed by atoms with Gasteiger partial charge in [-0.3, -0.25) is 0 Å². The second-order valence-corrected chi connectivity index (χ2v) is 5.46. The normalized spacial score (nSPS) is 11.0. The van der Waals surface area contributed by atoms with Crippen LogP contribution in [0.3, 0.4) is 0 Å². The Morgan fingerprint density at radius 1 is 1.22 bits per heavy atom. The van der Waals surface area contributed by atoms with Crippen molar-refractivity contribution >= 4 is 46.6 Å². The predicted octanol–water partition coefficient (Wildman–Crippen LogP) is 4.82. The highest BCUT2D eigenvalue weighted by Crippen LogP contribution is 2.35. The van der Waals surface area contributed by atoms with Gasteiger partial charge >= 0.3 is 5.97 Å². The summed E-state index contributed by atoms with van der Waals surface area (Å²) in [4.78, 5) is 12.3. The predicted molar refractivity (Wildman–Crippen MR) is 76.4 cm³/mol. The van der Waals surface area contributed by atoms with Crippen molar-refractivity contribution in [1.82, 2.24) is 0 Å². The summed E-state index contributed by atoms with van der Waals surface area (Å²) in [7, 11) is 0. The molecule has 0 aliphatic rings. The number of hydrogen-bond donors (Lipinski definition) is 1. The molecule has 0 radical (unpaired) electrons. The Hall–Kier alpha value is -1.29. The molecule has 1 aromatic carbocycles. The van der Waals surface area contributed by atoms with Gasteiger partial charge in [-0.05, 0) is 30.3 Å². The maximum absolute atomic E-state index is 10.4. The average Bonchev–Trinajstić information content (AvgIpc) is 2.75. The van der Waals surface area contributed by atoms with Crippen molar-refractivity contribution in [3.63, 3.8) is 0 Å². The summed E-state index contributed by atoms with van der Waals surface area (Å²) in [5.41, 5.74) is 0.890. The molecular weight excluding hydrogens is 291 g/mol. The van der Waals surface area contributed by atoms with Crippen LogP contribution >= 0.6 is 34.5 Å². The summed E-state index contributed by atoms with van der Waals surface area (Å²) >= 11 is 13.4. The fourth-order valence-electron chi connectivity index (χ4n) is 1.43. The van der Waals surface area contributed by atoms with Crippen LogP contribution in [0.4, 0.5) is 0 Å². The van der Waals surface area contributed by atoms with Gasteiger partial charge in [0.05, 0.1) is 5.02 Å². The summed E-state index contributed by atoms with van der Waals surface area (Å²) in [6.07, 6.45) is 2.67. The Morgan fingerprint density at radius 2 is 2.00 bits per heavy atom. The second-order valence-electron chi connectivity index (χ2n) is 3.50. The zero-order chi connectivity index (χ0) is 13.1. The molecule has 2 aromatic rings. The van der Waals surface area contributed by atoms with E-state index in [1.54, 1.807) is 18.2 Å². The third-order valence-electron chi connectivity index (χ3n) is 2.21. The number of carboxylic acids is 1. The van der Waals surface area contributed by atoms with E-state index in [4.69, 9.17) is 28.3 Å². The van der Waals surface area contributed by atoms with Gasteiger partial charge in [0.2, 0.25) is 0 Å². The molecule has 18 heavy (non-hydrogen) atoms. The third-order valence-corrected chi connectivity index (χ3v) is 3.85. The summed E-state index contributed by atoms with van der Waals surface area (Å²) < 4.78 is 0. The molecule has 0 unspecified atom stereocenters. The minimum absolute atomic E-state index is 0.582. The first-order chi connectivity index (χ1) is 8.56. The highest BCUT2D eigenvalue weighted by Gasteiger charge is 2.06. The van der Waals surface area contributed by atoms with Crippen molar-refractivity contribution in [3.05, 3.63) is 51.3 Å². The lowest BCUT2D eigenvalue weighted by molar-refractivity contribution is -0.131. The van der Waals surface area contributed by atoms with Crippen LogP contribution in [0, 0.1) is 0 Å². The maximum Gasteiger partial charge on any atom is 0.328 e. The molecule has 0 aliphatic carbocycles. The highest BCUT2D eigenvalue weighted by molar-refractivity contribution is 7.16. The van der Waals surface area contributed by atoms with E-state index in [9.17, 15) is 4.79 Å². The molecule has 2 rings (SSSR count). The van der Waals surface area contributed by atoms with Crippen molar-refractivity contribution in [3.8, 4) is 10.4 Å². The van der Waals surface area contributed by atoms with E-state index in [0.29, 0.717) is 10.0 Å². The number of carbonyl (C=O) groups is 1. The number of halogens is 2. The molecule has 0 aliphatic heterocycles. The van der Waals surface area contributed by atoms with Crippen LogP contribution in [0.1, 0.15) is 4.88 Å². The quantitative estimate of drug-likeness (QED) is 0.825. The molecule has 0 bridgehead atoms. The molecule has 0 amide bonds.